The van der Waals surface area contributed by atoms with Crippen molar-refractivity contribution in [2.24, 2.45) is 0 Å². The smallest absolute Gasteiger partial charge is 0.275 e. The first-order valence-corrected chi connectivity index (χ1v) is 2.90. The van der Waals surface area contributed by atoms with E-state index in [1.165, 1.54) is 6.20 Å². The van der Waals surface area contributed by atoms with Crippen LogP contribution in [0.4, 0.5) is 11.5 Å². The van der Waals surface area contributed by atoms with E-state index in [2.05, 4.69) is 5.32 Å². The van der Waals surface area contributed by atoms with Crippen molar-refractivity contribution >= 4 is 11.5 Å². The zero-order chi connectivity index (χ0) is 7.56. The summed E-state index contributed by atoms with van der Waals surface area (Å²) in [7, 11) is 1.74. The molecule has 0 fully saturated rings. The monoisotopic (exact) mass is 139 g/mol. The van der Waals surface area contributed by atoms with Gasteiger partial charge >= 0.3 is 0 Å². The minimum Gasteiger partial charge on any atom is -0.711 e. The lowest BCUT2D eigenvalue weighted by Gasteiger charge is -2.05. The summed E-state index contributed by atoms with van der Waals surface area (Å²) in [4.78, 5) is 0. The van der Waals surface area contributed by atoms with Crippen molar-refractivity contribution < 1.29 is 4.73 Å². The molecule has 1 aromatic rings. The summed E-state index contributed by atoms with van der Waals surface area (Å²) in [5.74, 6) is 0.207. The molecule has 0 spiro atoms. The van der Waals surface area contributed by atoms with Gasteiger partial charge in [-0.05, 0) is 6.07 Å². The fourth-order valence-corrected chi connectivity index (χ4v) is 0.640. The molecule has 0 aromatic carbocycles. The Hall–Kier alpha value is -1.45. The molecule has 0 aliphatic heterocycles. The molecule has 0 saturated carbocycles. The summed E-state index contributed by atoms with van der Waals surface area (Å²) in [6, 6.07) is 3.29. The van der Waals surface area contributed by atoms with E-state index in [1.807, 2.05) is 0 Å². The fourth-order valence-electron chi connectivity index (χ4n) is 0.640. The number of nitrogens with zero attached hydrogens (tertiary/aromatic N) is 1. The number of hydrogen-bond donors (Lipinski definition) is 2. The molecule has 0 atom stereocenters. The number of nitrogen functional groups attached to an aromatic ring is 1. The summed E-state index contributed by atoms with van der Waals surface area (Å²) in [6.45, 7) is 0. The molecule has 0 saturated heterocycles. The number of hydrogen-bond acceptors (Lipinski definition) is 3. The van der Waals surface area contributed by atoms with Crippen LogP contribution in [0.25, 0.3) is 0 Å². The van der Waals surface area contributed by atoms with Crippen molar-refractivity contribution in [3.63, 3.8) is 0 Å². The van der Waals surface area contributed by atoms with Gasteiger partial charge in [-0.15, -0.1) is 0 Å². The SMILES string of the molecule is CNc1ccc(N)[n+]([O-])c1. The van der Waals surface area contributed by atoms with Crippen molar-refractivity contribution in [2.45, 2.75) is 0 Å². The normalized spacial score (nSPS) is 9.30. The Morgan fingerprint density at radius 3 is 2.80 bits per heavy atom. The molecular formula is C6H9N3O. The molecule has 0 amide bonds. The lowest BCUT2D eigenvalue weighted by atomic mass is 10.4. The van der Waals surface area contributed by atoms with Crippen molar-refractivity contribution in [1.29, 1.82) is 0 Å². The maximum Gasteiger partial charge on any atom is 0.275 e. The third-order valence-electron chi connectivity index (χ3n) is 1.23. The lowest BCUT2D eigenvalue weighted by molar-refractivity contribution is -0.589. The van der Waals surface area contributed by atoms with Gasteiger partial charge in [0.2, 0.25) is 0 Å². The van der Waals surface area contributed by atoms with E-state index in [4.69, 9.17) is 5.73 Å². The van der Waals surface area contributed by atoms with Gasteiger partial charge in [-0.2, -0.15) is 0 Å². The second kappa shape index (κ2) is 2.43. The van der Waals surface area contributed by atoms with Gasteiger partial charge in [0.1, 0.15) is 6.20 Å². The van der Waals surface area contributed by atoms with Crippen LogP contribution in [-0.4, -0.2) is 7.05 Å². The molecule has 1 aromatic heterocycles. The van der Waals surface area contributed by atoms with Crippen LogP contribution in [0.15, 0.2) is 18.3 Å². The molecule has 3 N–H and O–H groups in total. The molecule has 4 nitrogen and oxygen atoms in total. The summed E-state index contributed by atoms with van der Waals surface area (Å²) >= 11 is 0. The van der Waals surface area contributed by atoms with Gasteiger partial charge in [-0.25, -0.2) is 4.73 Å². The molecule has 0 unspecified atom stereocenters. The molecular weight excluding hydrogens is 130 g/mol. The van der Waals surface area contributed by atoms with Crippen LogP contribution in [0.3, 0.4) is 0 Å². The van der Waals surface area contributed by atoms with Crippen LogP contribution in [0, 0.1) is 5.21 Å². The Kier molecular flexibility index (Phi) is 1.62. The fraction of sp³-hybridized carbons (Fsp3) is 0.167. The van der Waals surface area contributed by atoms with Gasteiger partial charge in [-0.3, -0.25) is 5.73 Å². The summed E-state index contributed by atoms with van der Waals surface area (Å²) in [6.07, 6.45) is 1.38. The summed E-state index contributed by atoms with van der Waals surface area (Å²) < 4.78 is 0.617. The highest BCUT2D eigenvalue weighted by atomic mass is 16.5. The largest absolute Gasteiger partial charge is 0.711 e. The predicted octanol–water partition coefficient (Wildman–Crippen LogP) is -0.0561. The first-order chi connectivity index (χ1) is 4.74. The highest BCUT2D eigenvalue weighted by Crippen LogP contribution is 2.02. The molecule has 0 radical (unpaired) electrons. The van der Waals surface area contributed by atoms with Gasteiger partial charge in [0.15, 0.2) is 0 Å². The molecule has 1 rings (SSSR count). The minimum absolute atomic E-state index is 0.207. The number of anilines is 2. The number of pyridine rings is 1. The van der Waals surface area contributed by atoms with Crippen LogP contribution >= 0.6 is 0 Å². The highest BCUT2D eigenvalue weighted by molar-refractivity contribution is 5.41. The Labute approximate surface area is 58.9 Å². The Morgan fingerprint density at radius 2 is 2.30 bits per heavy atom. The maximum absolute atomic E-state index is 10.8. The third-order valence-corrected chi connectivity index (χ3v) is 1.23. The lowest BCUT2D eigenvalue weighted by Crippen LogP contribution is -2.29. The van der Waals surface area contributed by atoms with Gasteiger partial charge in [0.25, 0.3) is 5.82 Å². The molecule has 0 aliphatic rings. The summed E-state index contributed by atoms with van der Waals surface area (Å²) in [5, 5.41) is 13.6. The zero-order valence-electron chi connectivity index (χ0n) is 5.66. The number of aromatic nitrogens is 1. The average molecular weight is 139 g/mol. The molecule has 0 aliphatic carbocycles. The second-order valence-electron chi connectivity index (χ2n) is 1.92. The standard InChI is InChI=1S/C6H9N3O/c1-8-5-2-3-6(7)9(10)4-5/h2-4,8H,7H2,1H3. The molecule has 54 valence electrons. The van der Waals surface area contributed by atoms with Gasteiger partial charge in [-0.1, -0.05) is 0 Å². The predicted molar refractivity (Wildman–Crippen MR) is 39.4 cm³/mol. The molecule has 4 heteroatoms. The van der Waals surface area contributed by atoms with Crippen LogP contribution in [-0.2, 0) is 0 Å². The first-order valence-electron chi connectivity index (χ1n) is 2.90. The molecule has 1 heterocycles. The minimum atomic E-state index is 0.207. The van der Waals surface area contributed by atoms with E-state index in [0.717, 1.165) is 5.69 Å². The summed E-state index contributed by atoms with van der Waals surface area (Å²) in [5.41, 5.74) is 6.02. The van der Waals surface area contributed by atoms with Crippen molar-refractivity contribution in [3.05, 3.63) is 23.5 Å². The van der Waals surface area contributed by atoms with Gasteiger partial charge < -0.3 is 10.5 Å². The number of nitrogens with one attached hydrogen (secondary N) is 1. The van der Waals surface area contributed by atoms with Crippen molar-refractivity contribution in [1.82, 2.24) is 0 Å². The van der Waals surface area contributed by atoms with E-state index in [0.29, 0.717) is 4.73 Å². The first kappa shape index (κ1) is 6.67. The van der Waals surface area contributed by atoms with Crippen molar-refractivity contribution in [2.75, 3.05) is 18.1 Å². The van der Waals surface area contributed by atoms with E-state index in [-0.39, 0.29) is 5.82 Å². The van der Waals surface area contributed by atoms with Crippen LogP contribution in [0.1, 0.15) is 0 Å². The van der Waals surface area contributed by atoms with E-state index >= 15 is 0 Å². The molecule has 0 bridgehead atoms. The van der Waals surface area contributed by atoms with Gasteiger partial charge in [0, 0.05) is 13.1 Å². The Balaban J connectivity index is 3.04. The average Bonchev–Trinajstić information content (AvgIpc) is 1.95. The Morgan fingerprint density at radius 1 is 1.60 bits per heavy atom. The van der Waals surface area contributed by atoms with Gasteiger partial charge in [0.05, 0.1) is 5.69 Å². The highest BCUT2D eigenvalue weighted by Gasteiger charge is 1.95. The van der Waals surface area contributed by atoms with E-state index in [1.54, 1.807) is 19.2 Å². The number of rotatable bonds is 1. The second-order valence-corrected chi connectivity index (χ2v) is 1.92. The van der Waals surface area contributed by atoms with Crippen LogP contribution in [0.2, 0.25) is 0 Å². The van der Waals surface area contributed by atoms with E-state index in [9.17, 15) is 5.21 Å². The van der Waals surface area contributed by atoms with Crippen LogP contribution < -0.4 is 15.8 Å². The maximum atomic E-state index is 10.8. The zero-order valence-corrected chi connectivity index (χ0v) is 5.66. The van der Waals surface area contributed by atoms with Crippen LogP contribution in [0.5, 0.6) is 0 Å². The molecule has 10 heavy (non-hydrogen) atoms. The third kappa shape index (κ3) is 1.10. The topological polar surface area (TPSA) is 65.0 Å². The number of nitrogens with two attached hydrogens (primary N) is 1. The van der Waals surface area contributed by atoms with E-state index < -0.39 is 0 Å². The Bertz CT molecular complexity index is 236. The van der Waals surface area contributed by atoms with Crippen molar-refractivity contribution in [3.8, 4) is 0 Å². The quantitative estimate of drug-likeness (QED) is 0.423.